The molecule has 1 aliphatic heterocycles. The smallest absolute Gasteiger partial charge is 0.274 e. The molecular weight excluding hydrogens is 214 g/mol. The van der Waals surface area contributed by atoms with Crippen LogP contribution in [0.15, 0.2) is 6.20 Å². The highest BCUT2D eigenvalue weighted by Crippen LogP contribution is 2.10. The van der Waals surface area contributed by atoms with Crippen LogP contribution in [0.4, 0.5) is 5.69 Å². The number of amides is 3. The lowest BCUT2D eigenvalue weighted by molar-refractivity contribution is -0.135. The number of carbonyl (C=O) groups excluding carboxylic acids is 3. The second-order valence-corrected chi connectivity index (χ2v) is 3.33. The molecule has 0 spiro atoms. The van der Waals surface area contributed by atoms with E-state index in [2.05, 4.69) is 15.5 Å². The van der Waals surface area contributed by atoms with E-state index in [-0.39, 0.29) is 24.5 Å². The Balaban J connectivity index is 2.19. The molecule has 1 aromatic heterocycles. The predicted molar refractivity (Wildman–Crippen MR) is 52.1 cm³/mol. The second-order valence-electron chi connectivity index (χ2n) is 3.33. The first kappa shape index (κ1) is 10.1. The minimum absolute atomic E-state index is 0.0856. The first-order valence-electron chi connectivity index (χ1n) is 4.48. The highest BCUT2D eigenvalue weighted by molar-refractivity contribution is 6.06. The minimum Gasteiger partial charge on any atom is -0.396 e. The largest absolute Gasteiger partial charge is 0.396 e. The van der Waals surface area contributed by atoms with Crippen molar-refractivity contribution >= 4 is 23.4 Å². The SMILES string of the molecule is Nc1cn[nH]c1C(=O)N1CC(=O)NC(=O)C1. The Morgan fingerprint density at radius 3 is 2.50 bits per heavy atom. The molecule has 0 aliphatic carbocycles. The molecule has 0 aromatic carbocycles. The summed E-state index contributed by atoms with van der Waals surface area (Å²) in [6.45, 7) is -0.327. The molecule has 3 amide bonds. The number of nitrogens with one attached hydrogen (secondary N) is 2. The number of carbonyl (C=O) groups is 3. The molecule has 0 atom stereocenters. The summed E-state index contributed by atoms with van der Waals surface area (Å²) in [5, 5.41) is 8.11. The summed E-state index contributed by atoms with van der Waals surface area (Å²) in [7, 11) is 0. The predicted octanol–water partition coefficient (Wildman–Crippen LogP) is -1.91. The lowest BCUT2D eigenvalue weighted by Gasteiger charge is -2.24. The van der Waals surface area contributed by atoms with Crippen molar-refractivity contribution < 1.29 is 14.4 Å². The number of aromatic nitrogens is 2. The Morgan fingerprint density at radius 2 is 2.00 bits per heavy atom. The number of nitrogens with zero attached hydrogens (tertiary/aromatic N) is 2. The van der Waals surface area contributed by atoms with Crippen molar-refractivity contribution in [1.82, 2.24) is 20.4 Å². The summed E-state index contributed by atoms with van der Waals surface area (Å²) < 4.78 is 0. The third-order valence-electron chi connectivity index (χ3n) is 2.12. The lowest BCUT2D eigenvalue weighted by Crippen LogP contribution is -2.53. The molecule has 4 N–H and O–H groups in total. The maximum absolute atomic E-state index is 11.8. The van der Waals surface area contributed by atoms with Gasteiger partial charge in [-0.25, -0.2) is 0 Å². The minimum atomic E-state index is -0.516. The fourth-order valence-corrected chi connectivity index (χ4v) is 1.41. The molecule has 0 saturated carbocycles. The van der Waals surface area contributed by atoms with Gasteiger partial charge in [-0.05, 0) is 0 Å². The number of anilines is 1. The third-order valence-corrected chi connectivity index (χ3v) is 2.12. The number of hydrogen-bond donors (Lipinski definition) is 3. The first-order valence-corrected chi connectivity index (χ1v) is 4.48. The van der Waals surface area contributed by atoms with Crippen LogP contribution < -0.4 is 11.1 Å². The van der Waals surface area contributed by atoms with Crippen LogP contribution in [0.5, 0.6) is 0 Å². The van der Waals surface area contributed by atoms with Crippen LogP contribution in [0, 0.1) is 0 Å². The Morgan fingerprint density at radius 1 is 1.38 bits per heavy atom. The molecular formula is C8H9N5O3. The summed E-state index contributed by atoms with van der Waals surface area (Å²) in [4.78, 5) is 35.0. The van der Waals surface area contributed by atoms with Crippen LogP contribution in [0.2, 0.25) is 0 Å². The number of rotatable bonds is 1. The average molecular weight is 223 g/mol. The number of imide groups is 1. The zero-order valence-electron chi connectivity index (χ0n) is 8.19. The van der Waals surface area contributed by atoms with Gasteiger partial charge in [-0.3, -0.25) is 24.8 Å². The summed E-state index contributed by atoms with van der Waals surface area (Å²) in [5.41, 5.74) is 5.76. The lowest BCUT2D eigenvalue weighted by atomic mass is 10.2. The van der Waals surface area contributed by atoms with E-state index in [0.717, 1.165) is 4.90 Å². The van der Waals surface area contributed by atoms with Gasteiger partial charge in [0.25, 0.3) is 5.91 Å². The normalized spacial score (nSPS) is 16.1. The number of aromatic amines is 1. The van der Waals surface area contributed by atoms with Gasteiger partial charge in [0, 0.05) is 0 Å². The Kier molecular flexibility index (Phi) is 2.31. The Bertz CT molecular complexity index is 450. The summed E-state index contributed by atoms with van der Waals surface area (Å²) in [5.74, 6) is -1.54. The number of piperazine rings is 1. The number of H-pyrrole nitrogens is 1. The van der Waals surface area contributed by atoms with Gasteiger partial charge in [0.2, 0.25) is 11.8 Å². The fourth-order valence-electron chi connectivity index (χ4n) is 1.41. The Labute approximate surface area is 89.8 Å². The number of nitrogens with two attached hydrogens (primary N) is 1. The van der Waals surface area contributed by atoms with Crippen LogP contribution in [-0.4, -0.2) is 45.9 Å². The standard InChI is InChI=1S/C8H9N5O3/c9-4-1-10-12-7(4)8(16)13-2-5(14)11-6(15)3-13/h1H,2-3,9H2,(H,10,12)(H,11,14,15). The molecule has 84 valence electrons. The van der Waals surface area contributed by atoms with E-state index >= 15 is 0 Å². The highest BCUT2D eigenvalue weighted by Gasteiger charge is 2.28. The molecule has 1 saturated heterocycles. The molecule has 2 rings (SSSR count). The molecule has 16 heavy (non-hydrogen) atoms. The fraction of sp³-hybridized carbons (Fsp3) is 0.250. The van der Waals surface area contributed by atoms with E-state index < -0.39 is 17.7 Å². The van der Waals surface area contributed by atoms with Crippen molar-refractivity contribution in [1.29, 1.82) is 0 Å². The zero-order chi connectivity index (χ0) is 11.7. The molecule has 1 aromatic rings. The molecule has 8 heteroatoms. The third kappa shape index (κ3) is 1.72. The molecule has 1 aliphatic rings. The second kappa shape index (κ2) is 3.65. The van der Waals surface area contributed by atoms with Gasteiger partial charge in [0.1, 0.15) is 18.8 Å². The van der Waals surface area contributed by atoms with Crippen molar-refractivity contribution in [2.75, 3.05) is 18.8 Å². The van der Waals surface area contributed by atoms with Crippen LogP contribution >= 0.6 is 0 Å². The first-order chi connectivity index (χ1) is 7.58. The summed E-state index contributed by atoms with van der Waals surface area (Å²) in [6, 6.07) is 0. The molecule has 0 unspecified atom stereocenters. The molecule has 1 fully saturated rings. The van der Waals surface area contributed by atoms with Gasteiger partial charge in [-0.15, -0.1) is 0 Å². The van der Waals surface area contributed by atoms with E-state index in [0.29, 0.717) is 0 Å². The van der Waals surface area contributed by atoms with Crippen molar-refractivity contribution in [2.45, 2.75) is 0 Å². The van der Waals surface area contributed by atoms with Crippen molar-refractivity contribution in [3.63, 3.8) is 0 Å². The van der Waals surface area contributed by atoms with Crippen molar-refractivity contribution in [3.05, 3.63) is 11.9 Å². The summed E-state index contributed by atoms with van der Waals surface area (Å²) >= 11 is 0. The molecule has 0 bridgehead atoms. The molecule has 2 heterocycles. The number of nitrogen functional groups attached to an aromatic ring is 1. The highest BCUT2D eigenvalue weighted by atomic mass is 16.2. The molecule has 8 nitrogen and oxygen atoms in total. The Hall–Kier alpha value is -2.38. The average Bonchev–Trinajstić information content (AvgIpc) is 2.62. The van der Waals surface area contributed by atoms with E-state index in [1.807, 2.05) is 0 Å². The summed E-state index contributed by atoms with van der Waals surface area (Å²) in [6.07, 6.45) is 1.29. The van der Waals surface area contributed by atoms with E-state index in [4.69, 9.17) is 5.73 Å². The maximum atomic E-state index is 11.8. The van der Waals surface area contributed by atoms with E-state index in [1.165, 1.54) is 6.20 Å². The van der Waals surface area contributed by atoms with Gasteiger partial charge >= 0.3 is 0 Å². The van der Waals surface area contributed by atoms with Crippen molar-refractivity contribution in [3.8, 4) is 0 Å². The van der Waals surface area contributed by atoms with Gasteiger partial charge in [-0.2, -0.15) is 5.10 Å². The van der Waals surface area contributed by atoms with E-state index in [1.54, 1.807) is 0 Å². The van der Waals surface area contributed by atoms with Crippen LogP contribution in [0.25, 0.3) is 0 Å². The van der Waals surface area contributed by atoms with Gasteiger partial charge in [-0.1, -0.05) is 0 Å². The molecule has 0 radical (unpaired) electrons. The van der Waals surface area contributed by atoms with Crippen LogP contribution in [0.3, 0.4) is 0 Å². The van der Waals surface area contributed by atoms with Gasteiger partial charge < -0.3 is 10.6 Å². The van der Waals surface area contributed by atoms with Crippen molar-refractivity contribution in [2.24, 2.45) is 0 Å². The quantitative estimate of drug-likeness (QED) is 0.480. The monoisotopic (exact) mass is 223 g/mol. The topological polar surface area (TPSA) is 121 Å². The zero-order valence-corrected chi connectivity index (χ0v) is 8.19. The van der Waals surface area contributed by atoms with Gasteiger partial charge in [0.05, 0.1) is 11.9 Å². The maximum Gasteiger partial charge on any atom is 0.274 e. The van der Waals surface area contributed by atoms with Crippen LogP contribution in [-0.2, 0) is 9.59 Å². The van der Waals surface area contributed by atoms with E-state index in [9.17, 15) is 14.4 Å². The van der Waals surface area contributed by atoms with Gasteiger partial charge in [0.15, 0.2) is 0 Å². The van der Waals surface area contributed by atoms with Crippen LogP contribution in [0.1, 0.15) is 10.5 Å². The number of hydrogen-bond acceptors (Lipinski definition) is 5.